The Morgan fingerprint density at radius 1 is 1.25 bits per heavy atom. The predicted octanol–water partition coefficient (Wildman–Crippen LogP) is 4.08. The van der Waals surface area contributed by atoms with E-state index in [0.29, 0.717) is 13.1 Å². The summed E-state index contributed by atoms with van der Waals surface area (Å²) in [7, 11) is 0. The topological polar surface area (TPSA) is 57.1 Å². The lowest BCUT2D eigenvalue weighted by atomic mass is 10.1. The third-order valence-electron chi connectivity index (χ3n) is 4.46. The third-order valence-corrected chi connectivity index (χ3v) is 4.46. The second kappa shape index (κ2) is 10.6. The van der Waals surface area contributed by atoms with Crippen LogP contribution in [-0.2, 0) is 11.3 Å². The molecule has 152 valence electrons. The zero-order valence-corrected chi connectivity index (χ0v) is 18.5. The number of rotatable bonds is 4. The molecule has 0 aliphatic carbocycles. The molecule has 1 aliphatic rings. The number of aliphatic imine (C=N–C) groups is 1. The molecule has 1 saturated heterocycles. The molecule has 0 bridgehead atoms. The van der Waals surface area contributed by atoms with Crippen LogP contribution in [0.15, 0.2) is 53.5 Å². The minimum Gasteiger partial charge on any atom is -0.508 e. The van der Waals surface area contributed by atoms with E-state index in [4.69, 9.17) is 9.73 Å². The first kappa shape index (κ1) is 22.4. The summed E-state index contributed by atoms with van der Waals surface area (Å²) < 4.78 is 19.3. The molecule has 5 nitrogen and oxygen atoms in total. The van der Waals surface area contributed by atoms with Crippen molar-refractivity contribution in [1.82, 2.24) is 10.2 Å². The van der Waals surface area contributed by atoms with E-state index < -0.39 is 0 Å². The lowest BCUT2D eigenvalue weighted by Gasteiger charge is -2.38. The summed E-state index contributed by atoms with van der Waals surface area (Å²) in [5.74, 6) is 0.799. The molecular formula is C21H27FIN3O2. The van der Waals surface area contributed by atoms with Gasteiger partial charge in [0.15, 0.2) is 5.96 Å². The van der Waals surface area contributed by atoms with Crippen molar-refractivity contribution < 1.29 is 14.2 Å². The average Bonchev–Trinajstić information content (AvgIpc) is 2.65. The molecule has 2 aromatic rings. The molecule has 7 heteroatoms. The van der Waals surface area contributed by atoms with E-state index in [2.05, 4.69) is 10.2 Å². The van der Waals surface area contributed by atoms with Crippen molar-refractivity contribution in [2.75, 3.05) is 19.6 Å². The molecule has 0 saturated carbocycles. The lowest BCUT2D eigenvalue weighted by molar-refractivity contribution is -0.0605. The summed E-state index contributed by atoms with van der Waals surface area (Å²) in [5, 5.41) is 13.0. The zero-order valence-electron chi connectivity index (χ0n) is 16.1. The van der Waals surface area contributed by atoms with E-state index in [-0.39, 0.29) is 47.8 Å². The van der Waals surface area contributed by atoms with Crippen LogP contribution in [0.3, 0.4) is 0 Å². The number of benzene rings is 2. The van der Waals surface area contributed by atoms with Crippen LogP contribution in [0, 0.1) is 5.82 Å². The highest BCUT2D eigenvalue weighted by Gasteiger charge is 2.28. The lowest BCUT2D eigenvalue weighted by Crippen LogP contribution is -2.50. The van der Waals surface area contributed by atoms with Crippen molar-refractivity contribution in [2.45, 2.75) is 32.6 Å². The van der Waals surface area contributed by atoms with Crippen LogP contribution in [-0.4, -0.2) is 41.7 Å². The van der Waals surface area contributed by atoms with Gasteiger partial charge in [0, 0.05) is 13.1 Å². The van der Waals surface area contributed by atoms with Gasteiger partial charge in [-0.2, -0.15) is 0 Å². The van der Waals surface area contributed by atoms with Gasteiger partial charge in [-0.05, 0) is 49.2 Å². The fourth-order valence-corrected chi connectivity index (χ4v) is 3.23. The summed E-state index contributed by atoms with van der Waals surface area (Å²) in [4.78, 5) is 6.91. The molecule has 0 radical (unpaired) electrons. The second-order valence-electron chi connectivity index (χ2n) is 6.73. The molecule has 2 atom stereocenters. The van der Waals surface area contributed by atoms with Gasteiger partial charge < -0.3 is 20.1 Å². The Morgan fingerprint density at radius 2 is 2.00 bits per heavy atom. The van der Waals surface area contributed by atoms with Gasteiger partial charge >= 0.3 is 0 Å². The molecule has 1 fully saturated rings. The Labute approximate surface area is 182 Å². The third kappa shape index (κ3) is 6.07. The molecular weight excluding hydrogens is 472 g/mol. The fraction of sp³-hybridized carbons (Fsp3) is 0.381. The van der Waals surface area contributed by atoms with Crippen molar-refractivity contribution in [3.05, 3.63) is 65.5 Å². The highest BCUT2D eigenvalue weighted by atomic mass is 127. The number of halogens is 2. The van der Waals surface area contributed by atoms with Crippen LogP contribution < -0.4 is 5.32 Å². The van der Waals surface area contributed by atoms with E-state index in [9.17, 15) is 9.50 Å². The number of hydrogen-bond donors (Lipinski definition) is 2. The summed E-state index contributed by atoms with van der Waals surface area (Å²) in [6.07, 6.45) is -0.114. The van der Waals surface area contributed by atoms with Crippen LogP contribution in [0.2, 0.25) is 0 Å². The van der Waals surface area contributed by atoms with E-state index in [1.165, 1.54) is 12.1 Å². The number of aromatic hydroxyl groups is 1. The number of phenolic OH excluding ortho intramolecular Hbond substituents is 1. The summed E-state index contributed by atoms with van der Waals surface area (Å²) >= 11 is 0. The van der Waals surface area contributed by atoms with Crippen molar-refractivity contribution in [2.24, 2.45) is 4.99 Å². The summed E-state index contributed by atoms with van der Waals surface area (Å²) in [5.41, 5.74) is 1.90. The standard InChI is InChI=1S/C21H26FN3O2.HI/c1-3-23-21(24-12-16-5-4-6-19(26)11-16)25-13-15(2)27-20(14-25)17-7-9-18(22)10-8-17;/h4-11,15,20,26H,3,12-14H2,1-2H3,(H,23,24);1H. The van der Waals surface area contributed by atoms with Crippen LogP contribution in [0.1, 0.15) is 31.1 Å². The predicted molar refractivity (Wildman–Crippen MR) is 120 cm³/mol. The molecule has 1 heterocycles. The molecule has 0 spiro atoms. The van der Waals surface area contributed by atoms with Gasteiger partial charge in [-0.1, -0.05) is 24.3 Å². The van der Waals surface area contributed by atoms with Gasteiger partial charge in [-0.25, -0.2) is 9.38 Å². The van der Waals surface area contributed by atoms with Gasteiger partial charge in [0.2, 0.25) is 0 Å². The highest BCUT2D eigenvalue weighted by Crippen LogP contribution is 2.25. The van der Waals surface area contributed by atoms with Gasteiger partial charge in [-0.3, -0.25) is 0 Å². The molecule has 2 N–H and O–H groups in total. The fourth-order valence-electron chi connectivity index (χ4n) is 3.23. The molecule has 2 unspecified atom stereocenters. The maximum Gasteiger partial charge on any atom is 0.194 e. The minimum atomic E-state index is -0.250. The average molecular weight is 499 g/mol. The summed E-state index contributed by atoms with van der Waals surface area (Å²) in [6.45, 7) is 6.66. The number of nitrogens with zero attached hydrogens (tertiary/aromatic N) is 2. The normalized spacial score (nSPS) is 19.8. The minimum absolute atomic E-state index is 0. The second-order valence-corrected chi connectivity index (χ2v) is 6.73. The van der Waals surface area contributed by atoms with Crippen molar-refractivity contribution >= 4 is 29.9 Å². The summed E-state index contributed by atoms with van der Waals surface area (Å²) in [6, 6.07) is 13.6. The van der Waals surface area contributed by atoms with E-state index in [0.717, 1.165) is 30.2 Å². The van der Waals surface area contributed by atoms with Crippen LogP contribution >= 0.6 is 24.0 Å². The van der Waals surface area contributed by atoms with Gasteiger partial charge in [-0.15, -0.1) is 24.0 Å². The monoisotopic (exact) mass is 499 g/mol. The van der Waals surface area contributed by atoms with Crippen molar-refractivity contribution in [3.8, 4) is 5.75 Å². The van der Waals surface area contributed by atoms with Gasteiger partial charge in [0.25, 0.3) is 0 Å². The van der Waals surface area contributed by atoms with Gasteiger partial charge in [0.1, 0.15) is 17.7 Å². The first-order chi connectivity index (χ1) is 13.0. The number of morpholine rings is 1. The van der Waals surface area contributed by atoms with Crippen LogP contribution in [0.25, 0.3) is 0 Å². The van der Waals surface area contributed by atoms with E-state index >= 15 is 0 Å². The Hall–Kier alpha value is -1.87. The number of hydrogen-bond acceptors (Lipinski definition) is 3. The van der Waals surface area contributed by atoms with Gasteiger partial charge in [0.05, 0.1) is 19.2 Å². The molecule has 3 rings (SSSR count). The van der Waals surface area contributed by atoms with Crippen molar-refractivity contribution in [3.63, 3.8) is 0 Å². The number of guanidine groups is 1. The number of phenols is 1. The van der Waals surface area contributed by atoms with E-state index in [1.54, 1.807) is 24.3 Å². The molecule has 0 amide bonds. The first-order valence-electron chi connectivity index (χ1n) is 9.27. The number of nitrogens with one attached hydrogen (secondary N) is 1. The Balaban J connectivity index is 0.00000280. The van der Waals surface area contributed by atoms with Crippen molar-refractivity contribution in [1.29, 1.82) is 0 Å². The SMILES string of the molecule is CCNC(=NCc1cccc(O)c1)N1CC(C)OC(c2ccc(F)cc2)C1.I. The van der Waals surface area contributed by atoms with Crippen LogP contribution in [0.4, 0.5) is 4.39 Å². The Kier molecular flexibility index (Phi) is 8.50. The Morgan fingerprint density at radius 3 is 2.68 bits per heavy atom. The highest BCUT2D eigenvalue weighted by molar-refractivity contribution is 14.0. The maximum atomic E-state index is 13.2. The molecule has 2 aromatic carbocycles. The largest absolute Gasteiger partial charge is 0.508 e. The van der Waals surface area contributed by atoms with Crippen LogP contribution in [0.5, 0.6) is 5.75 Å². The first-order valence-corrected chi connectivity index (χ1v) is 9.27. The molecule has 0 aromatic heterocycles. The maximum absolute atomic E-state index is 13.2. The smallest absolute Gasteiger partial charge is 0.194 e. The Bertz CT molecular complexity index is 785. The van der Waals surface area contributed by atoms with E-state index in [1.807, 2.05) is 26.0 Å². The molecule has 28 heavy (non-hydrogen) atoms. The number of ether oxygens (including phenoxy) is 1. The molecule has 1 aliphatic heterocycles. The quantitative estimate of drug-likeness (QED) is 0.379. The zero-order chi connectivity index (χ0) is 19.2.